The minimum absolute atomic E-state index is 0.335. The minimum atomic E-state index is -0.530. The molecule has 0 bridgehead atoms. The van der Waals surface area contributed by atoms with Gasteiger partial charge in [-0.1, -0.05) is 43.7 Å². The SMILES string of the molecule is COC(=O)C(N)CC(C)C(C)c1ccc(C)cc1. The normalized spacial score (nSPS) is 15.8. The van der Waals surface area contributed by atoms with Crippen molar-refractivity contribution in [1.82, 2.24) is 0 Å². The van der Waals surface area contributed by atoms with Crippen molar-refractivity contribution in [3.63, 3.8) is 0 Å². The maximum atomic E-state index is 11.3. The molecule has 3 nitrogen and oxygen atoms in total. The average Bonchev–Trinajstić information content (AvgIpc) is 2.37. The molecule has 3 heteroatoms. The van der Waals surface area contributed by atoms with Gasteiger partial charge in [0, 0.05) is 0 Å². The van der Waals surface area contributed by atoms with Crippen LogP contribution in [0.25, 0.3) is 0 Å². The van der Waals surface area contributed by atoms with Crippen molar-refractivity contribution >= 4 is 5.97 Å². The lowest BCUT2D eigenvalue weighted by atomic mass is 9.84. The van der Waals surface area contributed by atoms with Gasteiger partial charge in [-0.05, 0) is 30.7 Å². The number of carbonyl (C=O) groups excluding carboxylic acids is 1. The minimum Gasteiger partial charge on any atom is -0.468 e. The van der Waals surface area contributed by atoms with Gasteiger partial charge >= 0.3 is 5.97 Å². The number of carbonyl (C=O) groups is 1. The number of aryl methyl sites for hydroxylation is 1. The van der Waals surface area contributed by atoms with Crippen LogP contribution in [-0.2, 0) is 9.53 Å². The second-order valence-electron chi connectivity index (χ2n) is 5.04. The van der Waals surface area contributed by atoms with Gasteiger partial charge in [-0.2, -0.15) is 0 Å². The molecule has 3 atom stereocenters. The number of esters is 1. The summed E-state index contributed by atoms with van der Waals surface area (Å²) >= 11 is 0. The summed E-state index contributed by atoms with van der Waals surface area (Å²) in [5.41, 5.74) is 8.33. The maximum Gasteiger partial charge on any atom is 0.322 e. The molecule has 0 radical (unpaired) electrons. The molecular weight excluding hydrogens is 226 g/mol. The second kappa shape index (κ2) is 6.55. The first-order valence-electron chi connectivity index (χ1n) is 6.35. The molecule has 18 heavy (non-hydrogen) atoms. The van der Waals surface area contributed by atoms with Crippen LogP contribution in [0.1, 0.15) is 37.3 Å². The molecule has 1 aromatic rings. The molecule has 2 N–H and O–H groups in total. The maximum absolute atomic E-state index is 11.3. The van der Waals surface area contributed by atoms with Gasteiger partial charge in [0.05, 0.1) is 7.11 Å². The fraction of sp³-hybridized carbons (Fsp3) is 0.533. The molecule has 0 fully saturated rings. The van der Waals surface area contributed by atoms with E-state index in [4.69, 9.17) is 5.73 Å². The number of hydrogen-bond donors (Lipinski definition) is 1. The van der Waals surface area contributed by atoms with Crippen LogP contribution in [0.5, 0.6) is 0 Å². The van der Waals surface area contributed by atoms with E-state index < -0.39 is 6.04 Å². The van der Waals surface area contributed by atoms with E-state index >= 15 is 0 Å². The molecule has 0 amide bonds. The predicted octanol–water partition coefficient (Wildman–Crippen LogP) is 2.63. The van der Waals surface area contributed by atoms with Crippen LogP contribution >= 0.6 is 0 Å². The Kier molecular flexibility index (Phi) is 5.35. The summed E-state index contributed by atoms with van der Waals surface area (Å²) in [6, 6.07) is 7.97. The Morgan fingerprint density at radius 2 is 1.83 bits per heavy atom. The summed E-state index contributed by atoms with van der Waals surface area (Å²) in [5.74, 6) is 0.376. The highest BCUT2D eigenvalue weighted by molar-refractivity contribution is 5.75. The van der Waals surface area contributed by atoms with Gasteiger partial charge in [0.1, 0.15) is 6.04 Å². The quantitative estimate of drug-likeness (QED) is 0.816. The van der Waals surface area contributed by atoms with E-state index in [-0.39, 0.29) is 5.97 Å². The van der Waals surface area contributed by atoms with E-state index in [1.165, 1.54) is 18.2 Å². The highest BCUT2D eigenvalue weighted by Crippen LogP contribution is 2.27. The average molecular weight is 249 g/mol. The number of rotatable bonds is 5. The molecule has 1 rings (SSSR count). The molecule has 3 unspecified atom stereocenters. The molecular formula is C15H23NO2. The fourth-order valence-electron chi connectivity index (χ4n) is 2.05. The Bertz CT molecular complexity index is 386. The van der Waals surface area contributed by atoms with Gasteiger partial charge in [-0.15, -0.1) is 0 Å². The van der Waals surface area contributed by atoms with Crippen molar-refractivity contribution in [2.75, 3.05) is 7.11 Å². The van der Waals surface area contributed by atoms with Crippen molar-refractivity contribution in [3.8, 4) is 0 Å². The van der Waals surface area contributed by atoms with Crippen LogP contribution in [-0.4, -0.2) is 19.1 Å². The zero-order valence-corrected chi connectivity index (χ0v) is 11.6. The molecule has 0 aliphatic carbocycles. The first kappa shape index (κ1) is 14.7. The van der Waals surface area contributed by atoms with Crippen LogP contribution in [0.15, 0.2) is 24.3 Å². The Morgan fingerprint density at radius 1 is 1.28 bits per heavy atom. The van der Waals surface area contributed by atoms with Crippen LogP contribution in [0.3, 0.4) is 0 Å². The third-order valence-electron chi connectivity index (χ3n) is 3.59. The number of benzene rings is 1. The summed E-state index contributed by atoms with van der Waals surface area (Å²) < 4.78 is 4.65. The van der Waals surface area contributed by atoms with E-state index in [1.54, 1.807) is 0 Å². The van der Waals surface area contributed by atoms with Gasteiger partial charge in [0.25, 0.3) is 0 Å². The highest BCUT2D eigenvalue weighted by Gasteiger charge is 2.21. The van der Waals surface area contributed by atoms with Gasteiger partial charge in [0.15, 0.2) is 0 Å². The summed E-state index contributed by atoms with van der Waals surface area (Å²) in [5, 5.41) is 0. The number of nitrogens with two attached hydrogens (primary N) is 1. The van der Waals surface area contributed by atoms with Crippen LogP contribution < -0.4 is 5.73 Å². The fourth-order valence-corrected chi connectivity index (χ4v) is 2.05. The van der Waals surface area contributed by atoms with Crippen molar-refractivity contribution in [1.29, 1.82) is 0 Å². The lowest BCUT2D eigenvalue weighted by molar-refractivity contribution is -0.142. The van der Waals surface area contributed by atoms with Crippen molar-refractivity contribution in [2.24, 2.45) is 11.7 Å². The lowest BCUT2D eigenvalue weighted by Crippen LogP contribution is -2.34. The molecule has 0 saturated heterocycles. The molecule has 1 aromatic carbocycles. The van der Waals surface area contributed by atoms with Gasteiger partial charge in [0.2, 0.25) is 0 Å². The Balaban J connectivity index is 2.63. The molecule has 0 aliphatic heterocycles. The van der Waals surface area contributed by atoms with E-state index in [1.807, 2.05) is 0 Å². The smallest absolute Gasteiger partial charge is 0.322 e. The van der Waals surface area contributed by atoms with Crippen LogP contribution in [0.4, 0.5) is 0 Å². The molecule has 0 saturated carbocycles. The third-order valence-corrected chi connectivity index (χ3v) is 3.59. The van der Waals surface area contributed by atoms with Crippen molar-refractivity contribution in [3.05, 3.63) is 35.4 Å². The van der Waals surface area contributed by atoms with E-state index in [9.17, 15) is 4.79 Å². The first-order valence-corrected chi connectivity index (χ1v) is 6.35. The van der Waals surface area contributed by atoms with Gasteiger partial charge < -0.3 is 10.5 Å². The topological polar surface area (TPSA) is 52.3 Å². The number of methoxy groups -OCH3 is 1. The van der Waals surface area contributed by atoms with E-state index in [0.29, 0.717) is 18.3 Å². The third kappa shape index (κ3) is 3.84. The second-order valence-corrected chi connectivity index (χ2v) is 5.04. The Hall–Kier alpha value is -1.35. The largest absolute Gasteiger partial charge is 0.468 e. The monoisotopic (exact) mass is 249 g/mol. The Labute approximate surface area is 109 Å². The first-order chi connectivity index (χ1) is 8.45. The molecule has 0 spiro atoms. The standard InChI is InChI=1S/C15H23NO2/c1-10-5-7-13(8-6-10)12(3)11(2)9-14(16)15(17)18-4/h5-8,11-12,14H,9,16H2,1-4H3. The summed E-state index contributed by atoms with van der Waals surface area (Å²) in [6.45, 7) is 6.36. The van der Waals surface area contributed by atoms with Crippen molar-refractivity contribution in [2.45, 2.75) is 39.2 Å². The summed E-state index contributed by atoms with van der Waals surface area (Å²) in [4.78, 5) is 11.3. The zero-order valence-electron chi connectivity index (χ0n) is 11.6. The zero-order chi connectivity index (χ0) is 13.7. The molecule has 0 aromatic heterocycles. The predicted molar refractivity (Wildman–Crippen MR) is 73.4 cm³/mol. The number of hydrogen-bond acceptors (Lipinski definition) is 3. The van der Waals surface area contributed by atoms with Crippen LogP contribution in [0, 0.1) is 12.8 Å². The van der Waals surface area contributed by atoms with Gasteiger partial charge in [-0.25, -0.2) is 0 Å². The van der Waals surface area contributed by atoms with E-state index in [2.05, 4.69) is 49.8 Å². The Morgan fingerprint density at radius 3 is 2.33 bits per heavy atom. The summed E-state index contributed by atoms with van der Waals surface area (Å²) in [7, 11) is 1.37. The van der Waals surface area contributed by atoms with Gasteiger partial charge in [-0.3, -0.25) is 4.79 Å². The number of ether oxygens (including phenoxy) is 1. The van der Waals surface area contributed by atoms with E-state index in [0.717, 1.165) is 0 Å². The molecule has 0 heterocycles. The van der Waals surface area contributed by atoms with Crippen molar-refractivity contribution < 1.29 is 9.53 Å². The summed E-state index contributed by atoms with van der Waals surface area (Å²) in [6.07, 6.45) is 0.641. The lowest BCUT2D eigenvalue weighted by Gasteiger charge is -2.22. The highest BCUT2D eigenvalue weighted by atomic mass is 16.5. The molecule has 0 aliphatic rings. The van der Waals surface area contributed by atoms with Crippen LogP contribution in [0.2, 0.25) is 0 Å². The molecule has 100 valence electrons.